The van der Waals surface area contributed by atoms with Gasteiger partial charge in [-0.05, 0) is 32.7 Å². The fraction of sp³-hybridized carbons (Fsp3) is 0.833. The van der Waals surface area contributed by atoms with Crippen molar-refractivity contribution < 1.29 is 9.59 Å². The van der Waals surface area contributed by atoms with Gasteiger partial charge in [0.1, 0.15) is 6.04 Å². The van der Waals surface area contributed by atoms with E-state index in [4.69, 9.17) is 0 Å². The molecule has 5 nitrogen and oxygen atoms in total. The Bertz CT molecular complexity index is 319. The Morgan fingerprint density at radius 3 is 2.82 bits per heavy atom. The molecule has 2 heterocycles. The van der Waals surface area contributed by atoms with Gasteiger partial charge in [-0.15, -0.1) is 0 Å². The summed E-state index contributed by atoms with van der Waals surface area (Å²) in [5, 5.41) is 6.19. The number of carbonyl (C=O) groups is 2. The van der Waals surface area contributed by atoms with Crippen LogP contribution in [0.2, 0.25) is 0 Å². The number of nitrogens with zero attached hydrogens (tertiary/aromatic N) is 1. The maximum absolute atomic E-state index is 12.1. The van der Waals surface area contributed by atoms with E-state index in [1.165, 1.54) is 0 Å². The Morgan fingerprint density at radius 2 is 2.24 bits per heavy atom. The number of rotatable bonds is 2. The van der Waals surface area contributed by atoms with Crippen LogP contribution in [0.25, 0.3) is 0 Å². The van der Waals surface area contributed by atoms with Gasteiger partial charge in [0, 0.05) is 19.6 Å². The molecule has 0 aromatic rings. The lowest BCUT2D eigenvalue weighted by Gasteiger charge is -2.29. The molecule has 0 aromatic carbocycles. The largest absolute Gasteiger partial charge is 0.344 e. The Balaban J connectivity index is 1.90. The molecule has 0 spiro atoms. The minimum atomic E-state index is -0.304. The highest BCUT2D eigenvalue weighted by molar-refractivity contribution is 5.89. The van der Waals surface area contributed by atoms with Gasteiger partial charge in [0.2, 0.25) is 11.8 Å². The lowest BCUT2D eigenvalue weighted by molar-refractivity contribution is -0.134. The van der Waals surface area contributed by atoms with Crippen LogP contribution in [0.15, 0.2) is 0 Å². The minimum Gasteiger partial charge on any atom is -0.344 e. The van der Waals surface area contributed by atoms with E-state index >= 15 is 0 Å². The molecule has 2 saturated heterocycles. The number of piperidine rings is 1. The Kier molecular flexibility index (Phi) is 3.66. The van der Waals surface area contributed by atoms with E-state index in [9.17, 15) is 9.59 Å². The summed E-state index contributed by atoms with van der Waals surface area (Å²) in [5.74, 6) is 0.0653. The van der Waals surface area contributed by atoms with Crippen molar-refractivity contribution in [3.63, 3.8) is 0 Å². The summed E-state index contributed by atoms with van der Waals surface area (Å²) in [5.41, 5.74) is 0. The van der Waals surface area contributed by atoms with E-state index in [2.05, 4.69) is 10.6 Å². The molecule has 2 rings (SSSR count). The average Bonchev–Trinajstić information content (AvgIpc) is 2.61. The second-order valence-electron chi connectivity index (χ2n) is 5.10. The fourth-order valence-electron chi connectivity index (χ4n) is 2.64. The normalized spacial score (nSPS) is 33.9. The fourth-order valence-corrected chi connectivity index (χ4v) is 2.64. The van der Waals surface area contributed by atoms with Gasteiger partial charge in [0.05, 0.1) is 5.92 Å². The number of likely N-dealkylation sites (tertiary alicyclic amines) is 1. The molecule has 2 N–H and O–H groups in total. The molecule has 0 aromatic heterocycles. The van der Waals surface area contributed by atoms with Gasteiger partial charge in [-0.3, -0.25) is 9.59 Å². The zero-order chi connectivity index (χ0) is 12.4. The molecule has 17 heavy (non-hydrogen) atoms. The monoisotopic (exact) mass is 239 g/mol. The number of nitrogens with one attached hydrogen (secondary N) is 2. The van der Waals surface area contributed by atoms with Gasteiger partial charge >= 0.3 is 0 Å². The SMILES string of the molecule is CC1NCCCC1C(=O)NC1CCN(C)C1=O. The molecular formula is C12H21N3O2. The van der Waals surface area contributed by atoms with Crippen molar-refractivity contribution in [3.8, 4) is 0 Å². The summed E-state index contributed by atoms with van der Waals surface area (Å²) in [4.78, 5) is 25.5. The van der Waals surface area contributed by atoms with Gasteiger partial charge in [-0.1, -0.05) is 0 Å². The van der Waals surface area contributed by atoms with Crippen LogP contribution in [0.1, 0.15) is 26.2 Å². The van der Waals surface area contributed by atoms with Crippen LogP contribution in [0.4, 0.5) is 0 Å². The van der Waals surface area contributed by atoms with Crippen molar-refractivity contribution in [2.75, 3.05) is 20.1 Å². The molecule has 0 aliphatic carbocycles. The van der Waals surface area contributed by atoms with Crippen LogP contribution in [0.5, 0.6) is 0 Å². The quantitative estimate of drug-likeness (QED) is 0.697. The van der Waals surface area contributed by atoms with Crippen LogP contribution in [-0.4, -0.2) is 48.9 Å². The standard InChI is InChI=1S/C12H21N3O2/c1-8-9(4-3-6-13-8)11(16)14-10-5-7-15(2)12(10)17/h8-10,13H,3-7H2,1-2H3,(H,14,16). The lowest BCUT2D eigenvalue weighted by atomic mass is 9.91. The third-order valence-electron chi connectivity index (χ3n) is 3.84. The molecule has 0 radical (unpaired) electrons. The number of hydrogen-bond acceptors (Lipinski definition) is 3. The van der Waals surface area contributed by atoms with Crippen molar-refractivity contribution in [1.29, 1.82) is 0 Å². The van der Waals surface area contributed by atoms with Crippen LogP contribution in [0.3, 0.4) is 0 Å². The topological polar surface area (TPSA) is 61.4 Å². The first-order valence-electron chi connectivity index (χ1n) is 6.38. The maximum Gasteiger partial charge on any atom is 0.244 e. The highest BCUT2D eigenvalue weighted by Gasteiger charge is 2.34. The first-order chi connectivity index (χ1) is 8.09. The average molecular weight is 239 g/mol. The summed E-state index contributed by atoms with van der Waals surface area (Å²) >= 11 is 0. The van der Waals surface area contributed by atoms with Crippen molar-refractivity contribution in [1.82, 2.24) is 15.5 Å². The van der Waals surface area contributed by atoms with Crippen molar-refractivity contribution in [2.24, 2.45) is 5.92 Å². The number of likely N-dealkylation sites (N-methyl/N-ethyl adjacent to an activating group) is 1. The molecule has 5 heteroatoms. The third kappa shape index (κ3) is 2.60. The van der Waals surface area contributed by atoms with E-state index in [-0.39, 0.29) is 29.8 Å². The first-order valence-corrected chi connectivity index (χ1v) is 6.38. The summed E-state index contributed by atoms with van der Waals surface area (Å²) in [6.07, 6.45) is 2.67. The number of amides is 2. The molecule has 2 aliphatic rings. The van der Waals surface area contributed by atoms with Gasteiger partial charge in [0.25, 0.3) is 0 Å². The Labute approximate surface area is 102 Å². The molecule has 96 valence electrons. The lowest BCUT2D eigenvalue weighted by Crippen LogP contribution is -2.50. The predicted octanol–water partition coefficient (Wildman–Crippen LogP) is -0.279. The second kappa shape index (κ2) is 5.04. The summed E-state index contributed by atoms with van der Waals surface area (Å²) in [7, 11) is 1.78. The Hall–Kier alpha value is -1.10. The molecule has 0 saturated carbocycles. The predicted molar refractivity (Wildman–Crippen MR) is 64.4 cm³/mol. The zero-order valence-corrected chi connectivity index (χ0v) is 10.5. The molecule has 2 aliphatic heterocycles. The molecule has 3 unspecified atom stereocenters. The van der Waals surface area contributed by atoms with E-state index in [1.807, 2.05) is 6.92 Å². The zero-order valence-electron chi connectivity index (χ0n) is 10.5. The van der Waals surface area contributed by atoms with Gasteiger partial charge in [-0.25, -0.2) is 0 Å². The van der Waals surface area contributed by atoms with E-state index in [1.54, 1.807) is 11.9 Å². The van der Waals surface area contributed by atoms with Crippen molar-refractivity contribution in [2.45, 2.75) is 38.3 Å². The van der Waals surface area contributed by atoms with Crippen LogP contribution >= 0.6 is 0 Å². The summed E-state index contributed by atoms with van der Waals surface area (Å²) in [6.45, 7) is 3.75. The third-order valence-corrected chi connectivity index (χ3v) is 3.84. The van der Waals surface area contributed by atoms with Gasteiger partial charge < -0.3 is 15.5 Å². The highest BCUT2D eigenvalue weighted by Crippen LogP contribution is 2.17. The first kappa shape index (κ1) is 12.4. The molecule has 0 bridgehead atoms. The summed E-state index contributed by atoms with van der Waals surface area (Å²) in [6, 6.07) is -0.0976. The van der Waals surface area contributed by atoms with Crippen molar-refractivity contribution >= 4 is 11.8 Å². The number of hydrogen-bond donors (Lipinski definition) is 2. The van der Waals surface area contributed by atoms with Gasteiger partial charge in [-0.2, -0.15) is 0 Å². The molecule has 2 amide bonds. The van der Waals surface area contributed by atoms with Crippen LogP contribution in [-0.2, 0) is 9.59 Å². The molecule has 3 atom stereocenters. The second-order valence-corrected chi connectivity index (χ2v) is 5.10. The summed E-state index contributed by atoms with van der Waals surface area (Å²) < 4.78 is 0. The van der Waals surface area contributed by atoms with E-state index in [0.29, 0.717) is 0 Å². The van der Waals surface area contributed by atoms with E-state index in [0.717, 1.165) is 32.4 Å². The highest BCUT2D eigenvalue weighted by atomic mass is 16.2. The molecular weight excluding hydrogens is 218 g/mol. The maximum atomic E-state index is 12.1. The van der Waals surface area contributed by atoms with Crippen LogP contribution in [0, 0.1) is 5.92 Å². The van der Waals surface area contributed by atoms with Gasteiger partial charge in [0.15, 0.2) is 0 Å². The molecule has 2 fully saturated rings. The minimum absolute atomic E-state index is 0.00227. The number of carbonyl (C=O) groups excluding carboxylic acids is 2. The van der Waals surface area contributed by atoms with Crippen LogP contribution < -0.4 is 10.6 Å². The Morgan fingerprint density at radius 1 is 1.47 bits per heavy atom. The van der Waals surface area contributed by atoms with Crippen molar-refractivity contribution in [3.05, 3.63) is 0 Å². The smallest absolute Gasteiger partial charge is 0.244 e. The van der Waals surface area contributed by atoms with E-state index < -0.39 is 0 Å².